The van der Waals surface area contributed by atoms with Crippen molar-refractivity contribution >= 4 is 28.5 Å². The Labute approximate surface area is 109 Å². The van der Waals surface area contributed by atoms with Crippen LogP contribution in [0, 0.1) is 0 Å². The zero-order valence-electron chi connectivity index (χ0n) is 10.0. The maximum absolute atomic E-state index is 4.28. The van der Waals surface area contributed by atoms with Crippen LogP contribution in [0.5, 0.6) is 0 Å². The third-order valence-electron chi connectivity index (χ3n) is 3.18. The Morgan fingerprint density at radius 1 is 1.11 bits per heavy atom. The van der Waals surface area contributed by atoms with E-state index in [2.05, 4.69) is 32.5 Å². The van der Waals surface area contributed by atoms with Gasteiger partial charge in [0.25, 0.3) is 0 Å². The van der Waals surface area contributed by atoms with Gasteiger partial charge in [0.05, 0.1) is 28.7 Å². The van der Waals surface area contributed by atoms with Crippen molar-refractivity contribution < 1.29 is 0 Å². The highest BCUT2D eigenvalue weighted by atomic mass is 15.5. The molecule has 0 unspecified atom stereocenters. The van der Waals surface area contributed by atoms with Gasteiger partial charge in [0.2, 0.25) is 0 Å². The van der Waals surface area contributed by atoms with Gasteiger partial charge < -0.3 is 4.98 Å². The molecular formula is C14H11N5. The number of hydrogen-bond acceptors (Lipinski definition) is 4. The number of pyridine rings is 1. The van der Waals surface area contributed by atoms with Crippen LogP contribution in [0.2, 0.25) is 0 Å². The van der Waals surface area contributed by atoms with E-state index in [-0.39, 0.29) is 0 Å². The molecule has 4 rings (SSSR count). The summed E-state index contributed by atoms with van der Waals surface area (Å²) in [6.45, 7) is 0. The Morgan fingerprint density at radius 3 is 2.89 bits per heavy atom. The van der Waals surface area contributed by atoms with Crippen molar-refractivity contribution in [2.45, 2.75) is 0 Å². The van der Waals surface area contributed by atoms with Crippen LogP contribution < -0.4 is 10.4 Å². The van der Waals surface area contributed by atoms with Crippen molar-refractivity contribution in [2.75, 3.05) is 10.4 Å². The Kier molecular flexibility index (Phi) is 2.05. The Balaban J connectivity index is 1.77. The first-order chi connectivity index (χ1) is 9.40. The fourth-order valence-corrected chi connectivity index (χ4v) is 2.21. The van der Waals surface area contributed by atoms with Crippen LogP contribution in [-0.2, 0) is 0 Å². The Morgan fingerprint density at radius 2 is 2.00 bits per heavy atom. The van der Waals surface area contributed by atoms with Gasteiger partial charge >= 0.3 is 0 Å². The van der Waals surface area contributed by atoms with Crippen LogP contribution in [0.25, 0.3) is 17.1 Å². The van der Waals surface area contributed by atoms with Gasteiger partial charge in [-0.05, 0) is 30.3 Å². The van der Waals surface area contributed by atoms with E-state index in [9.17, 15) is 0 Å². The predicted octanol–water partition coefficient (Wildman–Crippen LogP) is 2.78. The highest BCUT2D eigenvalue weighted by Gasteiger charge is 2.12. The van der Waals surface area contributed by atoms with Crippen molar-refractivity contribution in [2.24, 2.45) is 0 Å². The second-order valence-corrected chi connectivity index (χ2v) is 4.36. The van der Waals surface area contributed by atoms with Gasteiger partial charge in [-0.25, -0.2) is 4.98 Å². The summed E-state index contributed by atoms with van der Waals surface area (Å²) in [6, 6.07) is 8.04. The summed E-state index contributed by atoms with van der Waals surface area (Å²) < 4.78 is 0. The number of rotatable bonds is 1. The van der Waals surface area contributed by atoms with E-state index in [0.717, 1.165) is 28.0 Å². The average molecular weight is 249 g/mol. The number of anilines is 2. The first-order valence-electron chi connectivity index (χ1n) is 6.01. The van der Waals surface area contributed by atoms with E-state index < -0.39 is 0 Å². The number of hydrogen-bond donors (Lipinski definition) is 2. The molecule has 0 atom stereocenters. The molecule has 0 fully saturated rings. The van der Waals surface area contributed by atoms with Gasteiger partial charge in [-0.3, -0.25) is 15.4 Å². The topological polar surface area (TPSA) is 56.8 Å². The lowest BCUT2D eigenvalue weighted by atomic mass is 10.1. The minimum Gasteiger partial charge on any atom is -0.345 e. The summed E-state index contributed by atoms with van der Waals surface area (Å²) in [7, 11) is 0. The summed E-state index contributed by atoms with van der Waals surface area (Å²) in [4.78, 5) is 11.4. The minimum atomic E-state index is 0.955. The third kappa shape index (κ3) is 1.63. The van der Waals surface area contributed by atoms with Gasteiger partial charge in [0.15, 0.2) is 0 Å². The molecule has 3 heterocycles. The van der Waals surface area contributed by atoms with E-state index >= 15 is 0 Å². The van der Waals surface area contributed by atoms with Crippen LogP contribution >= 0.6 is 0 Å². The van der Waals surface area contributed by atoms with Gasteiger partial charge in [0.1, 0.15) is 0 Å². The zero-order valence-corrected chi connectivity index (χ0v) is 10.0. The van der Waals surface area contributed by atoms with Crippen LogP contribution in [-0.4, -0.2) is 15.0 Å². The van der Waals surface area contributed by atoms with Crippen LogP contribution in [0.1, 0.15) is 5.56 Å². The first kappa shape index (κ1) is 10.1. The highest BCUT2D eigenvalue weighted by molar-refractivity contribution is 5.87. The molecule has 1 aromatic carbocycles. The van der Waals surface area contributed by atoms with Gasteiger partial charge in [-0.2, -0.15) is 0 Å². The Hall–Kier alpha value is -2.82. The molecule has 5 heteroatoms. The third-order valence-corrected chi connectivity index (χ3v) is 3.18. The molecule has 1 aliphatic rings. The molecule has 19 heavy (non-hydrogen) atoms. The molecule has 5 nitrogen and oxygen atoms in total. The lowest BCUT2D eigenvalue weighted by molar-refractivity contribution is 1.13. The van der Waals surface area contributed by atoms with Gasteiger partial charge in [-0.15, -0.1) is 0 Å². The second kappa shape index (κ2) is 3.84. The second-order valence-electron chi connectivity index (χ2n) is 4.36. The number of H-pyrrole nitrogens is 1. The summed E-state index contributed by atoms with van der Waals surface area (Å²) in [5, 5.41) is 1.96. The fourth-order valence-electron chi connectivity index (χ4n) is 2.21. The maximum atomic E-state index is 4.28. The summed E-state index contributed by atoms with van der Waals surface area (Å²) in [6.07, 6.45) is 9.33. The smallest absolute Gasteiger partial charge is 0.0931 e. The number of benzene rings is 1. The molecule has 0 bridgehead atoms. The van der Waals surface area contributed by atoms with E-state index in [0.29, 0.717) is 0 Å². The summed E-state index contributed by atoms with van der Waals surface area (Å²) in [5.41, 5.74) is 8.58. The quantitative estimate of drug-likeness (QED) is 0.696. The fraction of sp³-hybridized carbons (Fsp3) is 0. The number of fused-ring (bicyclic) bond motifs is 2. The van der Waals surface area contributed by atoms with E-state index in [4.69, 9.17) is 0 Å². The SMILES string of the molecule is C1=CN(c2ccncc2)Nc2cc3nc[nH]c3cc21. The Bertz CT molecular complexity index is 760. The minimum absolute atomic E-state index is 0.955. The largest absolute Gasteiger partial charge is 0.345 e. The number of hydrazine groups is 1. The average Bonchev–Trinajstić information content (AvgIpc) is 2.92. The van der Waals surface area contributed by atoms with Crippen LogP contribution in [0.3, 0.4) is 0 Å². The summed E-state index contributed by atoms with van der Waals surface area (Å²) >= 11 is 0. The van der Waals surface area contributed by atoms with Gasteiger partial charge in [0, 0.05) is 24.2 Å². The van der Waals surface area contributed by atoms with E-state index in [1.807, 2.05) is 29.4 Å². The molecule has 3 aromatic rings. The van der Waals surface area contributed by atoms with Crippen LogP contribution in [0.4, 0.5) is 11.4 Å². The standard InChI is InChI=1S/C14H11N5/c1-4-15-5-2-11(1)19-6-3-10-7-13-14(17-9-16-13)8-12(10)18-19/h1-9,18H,(H,16,17). The molecule has 2 aromatic heterocycles. The van der Waals surface area contributed by atoms with Crippen molar-refractivity contribution in [3.8, 4) is 0 Å². The van der Waals surface area contributed by atoms with Gasteiger partial charge in [-0.1, -0.05) is 0 Å². The number of nitrogens with one attached hydrogen (secondary N) is 2. The molecule has 0 saturated carbocycles. The lowest BCUT2D eigenvalue weighted by Gasteiger charge is -2.27. The first-order valence-corrected chi connectivity index (χ1v) is 6.01. The molecular weight excluding hydrogens is 238 g/mol. The number of imidazole rings is 1. The van der Waals surface area contributed by atoms with E-state index in [1.54, 1.807) is 18.7 Å². The van der Waals surface area contributed by atoms with Crippen molar-refractivity contribution in [1.82, 2.24) is 15.0 Å². The van der Waals surface area contributed by atoms with Crippen molar-refractivity contribution in [1.29, 1.82) is 0 Å². The predicted molar refractivity (Wildman–Crippen MR) is 75.5 cm³/mol. The molecule has 0 radical (unpaired) electrons. The molecule has 0 saturated heterocycles. The molecule has 2 N–H and O–H groups in total. The number of aromatic nitrogens is 3. The number of aromatic amines is 1. The van der Waals surface area contributed by atoms with Crippen molar-refractivity contribution in [3.63, 3.8) is 0 Å². The van der Waals surface area contributed by atoms with Crippen molar-refractivity contribution in [3.05, 3.63) is 54.7 Å². The molecule has 92 valence electrons. The van der Waals surface area contributed by atoms with Crippen LogP contribution in [0.15, 0.2) is 49.2 Å². The zero-order chi connectivity index (χ0) is 12.7. The molecule has 0 amide bonds. The molecule has 1 aliphatic heterocycles. The highest BCUT2D eigenvalue weighted by Crippen LogP contribution is 2.28. The lowest BCUT2D eigenvalue weighted by Crippen LogP contribution is -2.26. The van der Waals surface area contributed by atoms with E-state index in [1.165, 1.54) is 0 Å². The molecule has 0 spiro atoms. The number of nitrogens with zero attached hydrogens (tertiary/aromatic N) is 3. The summed E-state index contributed by atoms with van der Waals surface area (Å²) in [5.74, 6) is 0. The molecule has 0 aliphatic carbocycles. The normalized spacial score (nSPS) is 13.4. The maximum Gasteiger partial charge on any atom is 0.0931 e. The monoisotopic (exact) mass is 249 g/mol.